The molecule has 1 fully saturated rings. The van der Waals surface area contributed by atoms with Gasteiger partial charge in [-0.05, 0) is 18.8 Å². The van der Waals surface area contributed by atoms with Crippen LogP contribution in [0.2, 0.25) is 0 Å². The van der Waals surface area contributed by atoms with Crippen molar-refractivity contribution < 1.29 is 0 Å². The lowest BCUT2D eigenvalue weighted by Crippen LogP contribution is -2.26. The molecule has 82 valence electrons. The van der Waals surface area contributed by atoms with Gasteiger partial charge in [-0.2, -0.15) is 0 Å². The van der Waals surface area contributed by atoms with Gasteiger partial charge in [0.1, 0.15) is 18.0 Å². The molecule has 3 N–H and O–H groups in total. The Morgan fingerprint density at radius 3 is 3.00 bits per heavy atom. The zero-order valence-corrected chi connectivity index (χ0v) is 9.11. The van der Waals surface area contributed by atoms with E-state index >= 15 is 0 Å². The molecule has 0 aliphatic heterocycles. The Labute approximate surface area is 90.3 Å². The topological polar surface area (TPSA) is 63.8 Å². The summed E-state index contributed by atoms with van der Waals surface area (Å²) in [5.41, 5.74) is 5.60. The van der Waals surface area contributed by atoms with Gasteiger partial charge in [0.05, 0.1) is 0 Å². The van der Waals surface area contributed by atoms with Crippen molar-refractivity contribution in [2.45, 2.75) is 38.6 Å². The molecule has 4 heteroatoms. The van der Waals surface area contributed by atoms with Gasteiger partial charge in [0, 0.05) is 12.1 Å². The van der Waals surface area contributed by atoms with Gasteiger partial charge in [-0.3, -0.25) is 0 Å². The number of nitrogen functional groups attached to an aromatic ring is 1. The molecule has 0 amide bonds. The predicted molar refractivity (Wildman–Crippen MR) is 61.5 cm³/mol. The molecular weight excluding hydrogens is 188 g/mol. The molecule has 0 aromatic carbocycles. The maximum absolute atomic E-state index is 5.60. The molecule has 1 aliphatic carbocycles. The lowest BCUT2D eigenvalue weighted by atomic mass is 9.87. The van der Waals surface area contributed by atoms with Crippen LogP contribution in [0.5, 0.6) is 0 Å². The summed E-state index contributed by atoms with van der Waals surface area (Å²) < 4.78 is 0. The second-order valence-electron chi connectivity index (χ2n) is 4.44. The standard InChI is InChI=1S/C11H18N4/c1-8-3-2-4-9(5-8)15-11-6-10(12)13-7-14-11/h6-9H,2-5H2,1H3,(H3,12,13,14,15). The largest absolute Gasteiger partial charge is 0.384 e. The van der Waals surface area contributed by atoms with E-state index in [-0.39, 0.29) is 0 Å². The third kappa shape index (κ3) is 2.81. The summed E-state index contributed by atoms with van der Waals surface area (Å²) in [7, 11) is 0. The first-order valence-corrected chi connectivity index (χ1v) is 5.58. The van der Waals surface area contributed by atoms with Crippen LogP contribution in [0.3, 0.4) is 0 Å². The third-order valence-electron chi connectivity index (χ3n) is 2.98. The van der Waals surface area contributed by atoms with E-state index in [0.29, 0.717) is 11.9 Å². The summed E-state index contributed by atoms with van der Waals surface area (Å²) >= 11 is 0. The van der Waals surface area contributed by atoms with Gasteiger partial charge in [-0.15, -0.1) is 0 Å². The Morgan fingerprint density at radius 1 is 1.40 bits per heavy atom. The van der Waals surface area contributed by atoms with E-state index in [4.69, 9.17) is 5.73 Å². The van der Waals surface area contributed by atoms with E-state index in [1.165, 1.54) is 32.0 Å². The molecule has 4 nitrogen and oxygen atoms in total. The summed E-state index contributed by atoms with van der Waals surface area (Å²) in [6.07, 6.45) is 6.62. The first-order chi connectivity index (χ1) is 7.24. The monoisotopic (exact) mass is 206 g/mol. The molecule has 2 atom stereocenters. The predicted octanol–water partition coefficient (Wildman–Crippen LogP) is 2.05. The number of rotatable bonds is 2. The Hall–Kier alpha value is -1.32. The first kappa shape index (κ1) is 10.2. The molecule has 0 spiro atoms. The van der Waals surface area contributed by atoms with Crippen LogP contribution in [0.1, 0.15) is 32.6 Å². The molecule has 2 rings (SSSR count). The van der Waals surface area contributed by atoms with Crippen molar-refractivity contribution in [3.05, 3.63) is 12.4 Å². The maximum atomic E-state index is 5.60. The highest BCUT2D eigenvalue weighted by Gasteiger charge is 2.18. The number of nitrogens with one attached hydrogen (secondary N) is 1. The van der Waals surface area contributed by atoms with Crippen LogP contribution < -0.4 is 11.1 Å². The third-order valence-corrected chi connectivity index (χ3v) is 2.98. The van der Waals surface area contributed by atoms with Crippen molar-refractivity contribution in [3.63, 3.8) is 0 Å². The highest BCUT2D eigenvalue weighted by molar-refractivity contribution is 5.43. The average Bonchev–Trinajstić information content (AvgIpc) is 2.17. The smallest absolute Gasteiger partial charge is 0.131 e. The lowest BCUT2D eigenvalue weighted by molar-refractivity contribution is 0.358. The van der Waals surface area contributed by atoms with Gasteiger partial charge in [0.15, 0.2) is 0 Å². The van der Waals surface area contributed by atoms with Crippen LogP contribution in [-0.2, 0) is 0 Å². The number of nitrogens with zero attached hydrogens (tertiary/aromatic N) is 2. The summed E-state index contributed by atoms with van der Waals surface area (Å²) in [6.45, 7) is 2.31. The van der Waals surface area contributed by atoms with Gasteiger partial charge >= 0.3 is 0 Å². The first-order valence-electron chi connectivity index (χ1n) is 5.58. The second-order valence-corrected chi connectivity index (χ2v) is 4.44. The quantitative estimate of drug-likeness (QED) is 0.777. The molecule has 15 heavy (non-hydrogen) atoms. The maximum Gasteiger partial charge on any atom is 0.131 e. The van der Waals surface area contributed by atoms with Crippen LogP contribution in [0.4, 0.5) is 11.6 Å². The van der Waals surface area contributed by atoms with Crippen molar-refractivity contribution in [1.82, 2.24) is 9.97 Å². The Bertz CT molecular complexity index is 326. The van der Waals surface area contributed by atoms with Crippen LogP contribution >= 0.6 is 0 Å². The molecular formula is C11H18N4. The van der Waals surface area contributed by atoms with Gasteiger partial charge in [-0.1, -0.05) is 19.8 Å². The van der Waals surface area contributed by atoms with Crippen LogP contribution in [-0.4, -0.2) is 16.0 Å². The minimum absolute atomic E-state index is 0.524. The minimum Gasteiger partial charge on any atom is -0.384 e. The van der Waals surface area contributed by atoms with Crippen molar-refractivity contribution >= 4 is 11.6 Å². The summed E-state index contributed by atoms with van der Waals surface area (Å²) in [5.74, 6) is 2.19. The van der Waals surface area contributed by atoms with Crippen LogP contribution in [0.15, 0.2) is 12.4 Å². The zero-order chi connectivity index (χ0) is 10.7. The fraction of sp³-hybridized carbons (Fsp3) is 0.636. The van der Waals surface area contributed by atoms with Crippen molar-refractivity contribution in [1.29, 1.82) is 0 Å². The van der Waals surface area contributed by atoms with Crippen LogP contribution in [0, 0.1) is 5.92 Å². The van der Waals surface area contributed by atoms with E-state index < -0.39 is 0 Å². The molecule has 1 aromatic rings. The zero-order valence-electron chi connectivity index (χ0n) is 9.11. The highest BCUT2D eigenvalue weighted by atomic mass is 15.0. The van der Waals surface area contributed by atoms with Crippen molar-refractivity contribution in [2.75, 3.05) is 11.1 Å². The molecule has 2 unspecified atom stereocenters. The fourth-order valence-electron chi connectivity index (χ4n) is 2.23. The number of nitrogens with two attached hydrogens (primary N) is 1. The molecule has 1 aromatic heterocycles. The fourth-order valence-corrected chi connectivity index (χ4v) is 2.23. The lowest BCUT2D eigenvalue weighted by Gasteiger charge is -2.27. The highest BCUT2D eigenvalue weighted by Crippen LogP contribution is 2.25. The second kappa shape index (κ2) is 4.47. The van der Waals surface area contributed by atoms with E-state index in [1.807, 2.05) is 0 Å². The molecule has 1 heterocycles. The van der Waals surface area contributed by atoms with E-state index in [0.717, 1.165) is 11.7 Å². The Kier molecular flexibility index (Phi) is 3.04. The normalized spacial score (nSPS) is 26.2. The molecule has 1 saturated carbocycles. The minimum atomic E-state index is 0.524. The summed E-state index contributed by atoms with van der Waals surface area (Å²) in [6, 6.07) is 2.34. The van der Waals surface area contributed by atoms with E-state index in [1.54, 1.807) is 6.07 Å². The molecule has 0 saturated heterocycles. The van der Waals surface area contributed by atoms with Crippen LogP contribution in [0.25, 0.3) is 0 Å². The number of aromatic nitrogens is 2. The summed E-state index contributed by atoms with van der Waals surface area (Å²) in [4.78, 5) is 8.03. The van der Waals surface area contributed by atoms with Gasteiger partial charge in [0.2, 0.25) is 0 Å². The summed E-state index contributed by atoms with van der Waals surface area (Å²) in [5, 5.41) is 3.42. The number of anilines is 2. The van der Waals surface area contributed by atoms with Crippen molar-refractivity contribution in [2.24, 2.45) is 5.92 Å². The van der Waals surface area contributed by atoms with Gasteiger partial charge in [-0.25, -0.2) is 9.97 Å². The average molecular weight is 206 g/mol. The Morgan fingerprint density at radius 2 is 2.27 bits per heavy atom. The molecule has 0 bridgehead atoms. The Balaban J connectivity index is 1.96. The SMILES string of the molecule is CC1CCCC(Nc2cc(N)ncn2)C1. The van der Waals surface area contributed by atoms with Crippen molar-refractivity contribution in [3.8, 4) is 0 Å². The molecule has 0 radical (unpaired) electrons. The molecule has 1 aliphatic rings. The van der Waals surface area contributed by atoms with Gasteiger partial charge < -0.3 is 11.1 Å². The van der Waals surface area contributed by atoms with Gasteiger partial charge in [0.25, 0.3) is 0 Å². The van der Waals surface area contributed by atoms with E-state index in [2.05, 4.69) is 22.2 Å². The van der Waals surface area contributed by atoms with E-state index in [9.17, 15) is 0 Å². The number of hydrogen-bond acceptors (Lipinski definition) is 4. The number of hydrogen-bond donors (Lipinski definition) is 2.